The first kappa shape index (κ1) is 14.2. The van der Waals surface area contributed by atoms with Crippen LogP contribution in [0.5, 0.6) is 5.75 Å². The molecule has 1 aromatic heterocycles. The van der Waals surface area contributed by atoms with Gasteiger partial charge in [0.05, 0.1) is 12.8 Å². The Morgan fingerprint density at radius 1 is 1.00 bits per heavy atom. The number of nitrogens with zero attached hydrogens (tertiary/aromatic N) is 2. The number of hydrogen-bond acceptors (Lipinski definition) is 5. The van der Waals surface area contributed by atoms with Crippen LogP contribution in [0, 0.1) is 0 Å². The molecule has 0 atom stereocenters. The summed E-state index contributed by atoms with van der Waals surface area (Å²) in [6, 6.07) is 12.3. The third-order valence-electron chi connectivity index (χ3n) is 3.78. The van der Waals surface area contributed by atoms with E-state index in [0.29, 0.717) is 22.9 Å². The summed E-state index contributed by atoms with van der Waals surface area (Å²) in [7, 11) is 1.59. The van der Waals surface area contributed by atoms with E-state index in [0.717, 1.165) is 16.0 Å². The molecule has 118 valence electrons. The van der Waals surface area contributed by atoms with Crippen molar-refractivity contribution >= 4 is 28.6 Å². The van der Waals surface area contributed by atoms with Gasteiger partial charge in [0.15, 0.2) is 5.58 Å². The van der Waals surface area contributed by atoms with Gasteiger partial charge in [-0.3, -0.25) is 9.59 Å². The van der Waals surface area contributed by atoms with Crippen LogP contribution in [-0.2, 0) is 9.59 Å². The van der Waals surface area contributed by atoms with E-state index in [9.17, 15) is 9.59 Å². The number of ether oxygens (including phenoxy) is 1. The number of benzene rings is 2. The Morgan fingerprint density at radius 2 is 1.71 bits per heavy atom. The van der Waals surface area contributed by atoms with E-state index in [1.165, 1.54) is 12.2 Å². The van der Waals surface area contributed by atoms with Crippen LogP contribution in [0.3, 0.4) is 0 Å². The monoisotopic (exact) mass is 320 g/mol. The molecular formula is C18H12N2O4. The molecule has 0 spiro atoms. The van der Waals surface area contributed by atoms with Crippen LogP contribution < -0.4 is 9.64 Å². The minimum absolute atomic E-state index is 0.346. The third-order valence-corrected chi connectivity index (χ3v) is 3.78. The van der Waals surface area contributed by atoms with Crippen LogP contribution >= 0.6 is 0 Å². The number of hydrogen-bond donors (Lipinski definition) is 0. The van der Waals surface area contributed by atoms with Crippen molar-refractivity contribution in [2.75, 3.05) is 12.0 Å². The molecule has 2 aromatic carbocycles. The summed E-state index contributed by atoms with van der Waals surface area (Å²) in [6.07, 6.45) is 2.51. The Balaban J connectivity index is 1.68. The van der Waals surface area contributed by atoms with E-state index in [1.54, 1.807) is 37.4 Å². The number of aromatic nitrogens is 1. The molecule has 0 N–H and O–H groups in total. The second-order valence-corrected chi connectivity index (χ2v) is 5.24. The smallest absolute Gasteiger partial charge is 0.258 e. The van der Waals surface area contributed by atoms with Gasteiger partial charge in [0.2, 0.25) is 5.89 Å². The maximum atomic E-state index is 11.7. The lowest BCUT2D eigenvalue weighted by molar-refractivity contribution is -0.119. The highest BCUT2D eigenvalue weighted by molar-refractivity contribution is 6.28. The van der Waals surface area contributed by atoms with Crippen molar-refractivity contribution in [3.63, 3.8) is 0 Å². The molecule has 0 saturated carbocycles. The zero-order chi connectivity index (χ0) is 16.7. The van der Waals surface area contributed by atoms with Crippen molar-refractivity contribution in [2.24, 2.45) is 0 Å². The molecule has 4 rings (SSSR count). The van der Waals surface area contributed by atoms with Crippen LogP contribution in [0.1, 0.15) is 0 Å². The summed E-state index contributed by atoms with van der Waals surface area (Å²) in [6.45, 7) is 0. The molecule has 1 aliphatic heterocycles. The van der Waals surface area contributed by atoms with E-state index in [1.807, 2.05) is 12.1 Å². The molecule has 24 heavy (non-hydrogen) atoms. The molecule has 0 fully saturated rings. The lowest BCUT2D eigenvalue weighted by Gasteiger charge is -2.13. The van der Waals surface area contributed by atoms with Gasteiger partial charge < -0.3 is 9.15 Å². The Morgan fingerprint density at radius 3 is 2.38 bits per heavy atom. The summed E-state index contributed by atoms with van der Waals surface area (Å²) >= 11 is 0. The second-order valence-electron chi connectivity index (χ2n) is 5.24. The van der Waals surface area contributed by atoms with Crippen molar-refractivity contribution in [3.8, 4) is 17.2 Å². The molecule has 3 aromatic rings. The highest BCUT2D eigenvalue weighted by atomic mass is 16.5. The minimum atomic E-state index is -0.346. The van der Waals surface area contributed by atoms with Gasteiger partial charge in [0.25, 0.3) is 11.8 Å². The van der Waals surface area contributed by atoms with Crippen molar-refractivity contribution in [1.29, 1.82) is 0 Å². The molecule has 0 radical (unpaired) electrons. The fraction of sp³-hybridized carbons (Fsp3) is 0.0556. The number of oxazole rings is 1. The lowest BCUT2D eigenvalue weighted by atomic mass is 10.2. The number of imide groups is 1. The number of carbonyl (C=O) groups excluding carboxylic acids is 2. The molecule has 0 unspecified atom stereocenters. The summed E-state index contributed by atoms with van der Waals surface area (Å²) in [5, 5.41) is 0. The predicted octanol–water partition coefficient (Wildman–Crippen LogP) is 2.93. The maximum Gasteiger partial charge on any atom is 0.258 e. The summed E-state index contributed by atoms with van der Waals surface area (Å²) in [5.74, 6) is 0.463. The van der Waals surface area contributed by atoms with Gasteiger partial charge in [0.1, 0.15) is 11.3 Å². The van der Waals surface area contributed by atoms with E-state index in [4.69, 9.17) is 9.15 Å². The van der Waals surface area contributed by atoms with Gasteiger partial charge in [-0.1, -0.05) is 0 Å². The Labute approximate surface area is 137 Å². The van der Waals surface area contributed by atoms with Crippen molar-refractivity contribution in [3.05, 3.63) is 54.6 Å². The average molecular weight is 320 g/mol. The quantitative estimate of drug-likeness (QED) is 0.694. The summed E-state index contributed by atoms with van der Waals surface area (Å²) in [5.41, 5.74) is 2.61. The molecule has 2 heterocycles. The zero-order valence-corrected chi connectivity index (χ0v) is 12.7. The number of rotatable bonds is 3. The maximum absolute atomic E-state index is 11.7. The van der Waals surface area contributed by atoms with Gasteiger partial charge in [-0.25, -0.2) is 9.88 Å². The van der Waals surface area contributed by atoms with Crippen LogP contribution in [0.2, 0.25) is 0 Å². The molecule has 0 saturated heterocycles. The molecule has 1 aliphatic rings. The Bertz CT molecular complexity index is 968. The van der Waals surface area contributed by atoms with Crippen LogP contribution in [-0.4, -0.2) is 23.9 Å². The first-order valence-electron chi connectivity index (χ1n) is 7.27. The fourth-order valence-corrected chi connectivity index (χ4v) is 2.56. The molecule has 0 bridgehead atoms. The van der Waals surface area contributed by atoms with Crippen LogP contribution in [0.4, 0.5) is 5.69 Å². The highest BCUT2D eigenvalue weighted by Crippen LogP contribution is 2.29. The number of carbonyl (C=O) groups is 2. The topological polar surface area (TPSA) is 72.6 Å². The number of fused-ring (bicyclic) bond motifs is 1. The normalized spacial score (nSPS) is 14.0. The van der Waals surface area contributed by atoms with Crippen molar-refractivity contribution in [1.82, 2.24) is 4.98 Å². The lowest BCUT2D eigenvalue weighted by Crippen LogP contribution is -2.29. The highest BCUT2D eigenvalue weighted by Gasteiger charge is 2.25. The van der Waals surface area contributed by atoms with Gasteiger partial charge >= 0.3 is 0 Å². The molecule has 2 amide bonds. The van der Waals surface area contributed by atoms with Gasteiger partial charge in [-0.15, -0.1) is 0 Å². The van der Waals surface area contributed by atoms with E-state index in [-0.39, 0.29) is 11.8 Å². The number of methoxy groups -OCH3 is 1. The Kier molecular flexibility index (Phi) is 3.16. The predicted molar refractivity (Wildman–Crippen MR) is 87.6 cm³/mol. The molecule has 6 heteroatoms. The number of amides is 2. The minimum Gasteiger partial charge on any atom is -0.497 e. The second kappa shape index (κ2) is 5.34. The molecule has 0 aliphatic carbocycles. The summed E-state index contributed by atoms with van der Waals surface area (Å²) in [4.78, 5) is 28.9. The first-order chi connectivity index (χ1) is 11.7. The average Bonchev–Trinajstić information content (AvgIpc) is 3.17. The van der Waals surface area contributed by atoms with Crippen molar-refractivity contribution < 1.29 is 18.7 Å². The standard InChI is InChI=1S/C18H12N2O4/c1-23-13-6-7-14-15(10-13)24-18(19-14)11-2-4-12(5-3-11)20-16(21)8-9-17(20)22/h2-10H,1H3. The summed E-state index contributed by atoms with van der Waals surface area (Å²) < 4.78 is 10.9. The van der Waals surface area contributed by atoms with Gasteiger partial charge in [-0.2, -0.15) is 0 Å². The molecule has 6 nitrogen and oxygen atoms in total. The van der Waals surface area contributed by atoms with Crippen LogP contribution in [0.15, 0.2) is 59.0 Å². The SMILES string of the molecule is COc1ccc2nc(-c3ccc(N4C(=O)C=CC4=O)cc3)oc2c1. The zero-order valence-electron chi connectivity index (χ0n) is 12.7. The van der Waals surface area contributed by atoms with E-state index < -0.39 is 0 Å². The first-order valence-corrected chi connectivity index (χ1v) is 7.27. The van der Waals surface area contributed by atoms with Crippen LogP contribution in [0.25, 0.3) is 22.6 Å². The van der Waals surface area contributed by atoms with E-state index in [2.05, 4.69) is 4.98 Å². The van der Waals surface area contributed by atoms with E-state index >= 15 is 0 Å². The van der Waals surface area contributed by atoms with Gasteiger partial charge in [0, 0.05) is 23.8 Å². The van der Waals surface area contributed by atoms with Crippen molar-refractivity contribution in [2.45, 2.75) is 0 Å². The third kappa shape index (κ3) is 2.25. The molecular weight excluding hydrogens is 308 g/mol. The number of anilines is 1. The Hall–Kier alpha value is -3.41. The largest absolute Gasteiger partial charge is 0.497 e. The fourth-order valence-electron chi connectivity index (χ4n) is 2.56. The van der Waals surface area contributed by atoms with Gasteiger partial charge in [-0.05, 0) is 36.4 Å².